The number of halogens is 1. The van der Waals surface area contributed by atoms with Crippen molar-refractivity contribution >= 4 is 0 Å². The van der Waals surface area contributed by atoms with Crippen LogP contribution in [-0.4, -0.2) is 29.0 Å². The summed E-state index contributed by atoms with van der Waals surface area (Å²) < 4.78 is 24.3. The lowest BCUT2D eigenvalue weighted by molar-refractivity contribution is 0.354. The zero-order valence-corrected chi connectivity index (χ0v) is 9.55. The summed E-state index contributed by atoms with van der Waals surface area (Å²) in [6, 6.07) is 5.47. The predicted octanol–water partition coefficient (Wildman–Crippen LogP) is 1.48. The molecule has 0 radical (unpaired) electrons. The second kappa shape index (κ2) is 4.82. The molecule has 0 aliphatic heterocycles. The Labute approximate surface area is 97.8 Å². The first kappa shape index (κ1) is 11.4. The summed E-state index contributed by atoms with van der Waals surface area (Å²) in [6.07, 6.45) is 0.608. The van der Waals surface area contributed by atoms with Crippen molar-refractivity contribution in [3.8, 4) is 11.5 Å². The summed E-state index contributed by atoms with van der Waals surface area (Å²) in [4.78, 5) is 3.42. The van der Waals surface area contributed by atoms with Crippen LogP contribution in [0, 0.1) is 6.08 Å². The fourth-order valence-electron chi connectivity index (χ4n) is 1.51. The lowest BCUT2D eigenvalue weighted by Crippen LogP contribution is -2.01. The van der Waals surface area contributed by atoms with Crippen LogP contribution in [0.15, 0.2) is 24.5 Å². The van der Waals surface area contributed by atoms with Crippen LogP contribution in [0.25, 0.3) is 0 Å². The SMILES string of the molecule is COc1ccc(Cn2cnc(F)n2)cc1OC. The molecule has 5 nitrogen and oxygen atoms in total. The third kappa shape index (κ3) is 2.52. The molecule has 0 bridgehead atoms. The van der Waals surface area contributed by atoms with E-state index in [1.807, 2.05) is 12.1 Å². The Hall–Kier alpha value is -2.11. The molecule has 0 saturated heterocycles. The van der Waals surface area contributed by atoms with Gasteiger partial charge in [-0.15, -0.1) is 5.10 Å². The van der Waals surface area contributed by atoms with E-state index >= 15 is 0 Å². The molecular weight excluding hydrogens is 225 g/mol. The average molecular weight is 237 g/mol. The Morgan fingerprint density at radius 1 is 1.24 bits per heavy atom. The monoisotopic (exact) mass is 237 g/mol. The minimum atomic E-state index is -0.731. The van der Waals surface area contributed by atoms with Gasteiger partial charge in [-0.05, 0) is 17.7 Å². The van der Waals surface area contributed by atoms with Gasteiger partial charge in [-0.1, -0.05) is 6.07 Å². The van der Waals surface area contributed by atoms with Crippen LogP contribution in [0.3, 0.4) is 0 Å². The van der Waals surface area contributed by atoms with Gasteiger partial charge in [0, 0.05) is 0 Å². The van der Waals surface area contributed by atoms with E-state index in [0.29, 0.717) is 18.0 Å². The molecule has 1 heterocycles. The van der Waals surface area contributed by atoms with Gasteiger partial charge in [0.25, 0.3) is 0 Å². The molecule has 0 N–H and O–H groups in total. The van der Waals surface area contributed by atoms with E-state index in [0.717, 1.165) is 5.56 Å². The first-order valence-electron chi connectivity index (χ1n) is 4.99. The highest BCUT2D eigenvalue weighted by Crippen LogP contribution is 2.27. The first-order valence-corrected chi connectivity index (χ1v) is 4.99. The molecule has 0 unspecified atom stereocenters. The molecule has 0 saturated carbocycles. The van der Waals surface area contributed by atoms with E-state index < -0.39 is 6.08 Å². The van der Waals surface area contributed by atoms with Gasteiger partial charge in [0.15, 0.2) is 11.5 Å². The van der Waals surface area contributed by atoms with E-state index in [1.54, 1.807) is 20.3 Å². The summed E-state index contributed by atoms with van der Waals surface area (Å²) in [6.45, 7) is 0.428. The van der Waals surface area contributed by atoms with Crippen LogP contribution >= 0.6 is 0 Å². The Balaban J connectivity index is 2.22. The molecule has 2 rings (SSSR count). The van der Waals surface area contributed by atoms with Crippen LogP contribution in [0.2, 0.25) is 0 Å². The average Bonchev–Trinajstić information content (AvgIpc) is 2.74. The van der Waals surface area contributed by atoms with Crippen LogP contribution < -0.4 is 9.47 Å². The number of benzene rings is 1. The molecule has 2 aromatic rings. The standard InChI is InChI=1S/C11H12FN3O2/c1-16-9-4-3-8(5-10(9)17-2)6-15-7-13-11(12)14-15/h3-5,7H,6H2,1-2H3. The third-order valence-electron chi connectivity index (χ3n) is 2.30. The summed E-state index contributed by atoms with van der Waals surface area (Å²) in [5.74, 6) is 1.28. The van der Waals surface area contributed by atoms with Crippen LogP contribution in [0.4, 0.5) is 4.39 Å². The molecule has 6 heteroatoms. The Kier molecular flexibility index (Phi) is 3.22. The quantitative estimate of drug-likeness (QED) is 0.808. The van der Waals surface area contributed by atoms with Crippen LogP contribution in [0.1, 0.15) is 5.56 Å². The predicted molar refractivity (Wildman–Crippen MR) is 58.6 cm³/mol. The minimum Gasteiger partial charge on any atom is -0.493 e. The highest BCUT2D eigenvalue weighted by Gasteiger charge is 2.06. The van der Waals surface area contributed by atoms with Crippen molar-refractivity contribution < 1.29 is 13.9 Å². The topological polar surface area (TPSA) is 49.2 Å². The number of nitrogens with zero attached hydrogens (tertiary/aromatic N) is 3. The van der Waals surface area contributed by atoms with Crippen molar-refractivity contribution in [3.05, 3.63) is 36.2 Å². The summed E-state index contributed by atoms with van der Waals surface area (Å²) in [5.41, 5.74) is 0.924. The zero-order chi connectivity index (χ0) is 12.3. The Morgan fingerprint density at radius 2 is 2.00 bits per heavy atom. The maximum absolute atomic E-state index is 12.6. The molecule has 0 atom stereocenters. The highest BCUT2D eigenvalue weighted by atomic mass is 19.1. The molecule has 0 aliphatic rings. The maximum Gasteiger partial charge on any atom is 0.327 e. The van der Waals surface area contributed by atoms with Gasteiger partial charge >= 0.3 is 6.08 Å². The Morgan fingerprint density at radius 3 is 2.59 bits per heavy atom. The van der Waals surface area contributed by atoms with Gasteiger partial charge in [-0.2, -0.15) is 9.37 Å². The van der Waals surface area contributed by atoms with Crippen molar-refractivity contribution in [2.75, 3.05) is 14.2 Å². The normalized spacial score (nSPS) is 10.3. The molecule has 1 aromatic carbocycles. The van der Waals surface area contributed by atoms with Gasteiger partial charge in [-0.3, -0.25) is 0 Å². The van der Waals surface area contributed by atoms with E-state index in [4.69, 9.17) is 9.47 Å². The van der Waals surface area contributed by atoms with Gasteiger partial charge in [0.2, 0.25) is 0 Å². The molecular formula is C11H12FN3O2. The number of methoxy groups -OCH3 is 2. The van der Waals surface area contributed by atoms with Gasteiger partial charge in [-0.25, -0.2) is 4.68 Å². The number of ether oxygens (including phenoxy) is 2. The van der Waals surface area contributed by atoms with Crippen molar-refractivity contribution in [3.63, 3.8) is 0 Å². The molecule has 17 heavy (non-hydrogen) atoms. The van der Waals surface area contributed by atoms with Gasteiger partial charge in [0.1, 0.15) is 6.33 Å². The van der Waals surface area contributed by atoms with Crippen molar-refractivity contribution in [2.24, 2.45) is 0 Å². The molecule has 90 valence electrons. The second-order valence-corrected chi connectivity index (χ2v) is 3.40. The molecule has 0 spiro atoms. The summed E-state index contributed by atoms with van der Waals surface area (Å²) in [5, 5.41) is 3.57. The summed E-state index contributed by atoms with van der Waals surface area (Å²) >= 11 is 0. The molecule has 0 amide bonds. The lowest BCUT2D eigenvalue weighted by Gasteiger charge is -2.09. The van der Waals surface area contributed by atoms with E-state index in [1.165, 1.54) is 11.0 Å². The second-order valence-electron chi connectivity index (χ2n) is 3.40. The van der Waals surface area contributed by atoms with Crippen molar-refractivity contribution in [2.45, 2.75) is 6.54 Å². The smallest absolute Gasteiger partial charge is 0.327 e. The van der Waals surface area contributed by atoms with Crippen molar-refractivity contribution in [1.82, 2.24) is 14.8 Å². The molecule has 1 aromatic heterocycles. The largest absolute Gasteiger partial charge is 0.493 e. The highest BCUT2D eigenvalue weighted by molar-refractivity contribution is 5.42. The molecule has 0 aliphatic carbocycles. The maximum atomic E-state index is 12.6. The van der Waals surface area contributed by atoms with Crippen LogP contribution in [-0.2, 0) is 6.54 Å². The number of hydrogen-bond donors (Lipinski definition) is 0. The summed E-state index contributed by atoms with van der Waals surface area (Å²) in [7, 11) is 3.14. The van der Waals surface area contributed by atoms with Gasteiger partial charge < -0.3 is 9.47 Å². The minimum absolute atomic E-state index is 0.428. The fourth-order valence-corrected chi connectivity index (χ4v) is 1.51. The van der Waals surface area contributed by atoms with Crippen LogP contribution in [0.5, 0.6) is 11.5 Å². The molecule has 0 fully saturated rings. The number of rotatable bonds is 4. The number of aromatic nitrogens is 3. The first-order chi connectivity index (χ1) is 8.22. The van der Waals surface area contributed by atoms with Gasteiger partial charge in [0.05, 0.1) is 20.8 Å². The van der Waals surface area contributed by atoms with E-state index in [-0.39, 0.29) is 0 Å². The number of hydrogen-bond acceptors (Lipinski definition) is 4. The van der Waals surface area contributed by atoms with E-state index in [2.05, 4.69) is 10.1 Å². The third-order valence-corrected chi connectivity index (χ3v) is 2.30. The lowest BCUT2D eigenvalue weighted by atomic mass is 10.2. The fraction of sp³-hybridized carbons (Fsp3) is 0.273. The Bertz CT molecular complexity index is 513. The van der Waals surface area contributed by atoms with E-state index in [9.17, 15) is 4.39 Å². The van der Waals surface area contributed by atoms with Crippen molar-refractivity contribution in [1.29, 1.82) is 0 Å². The zero-order valence-electron chi connectivity index (χ0n) is 9.55.